The summed E-state index contributed by atoms with van der Waals surface area (Å²) in [7, 11) is -1.65. The van der Waals surface area contributed by atoms with Crippen molar-refractivity contribution in [3.8, 4) is 5.75 Å². The van der Waals surface area contributed by atoms with Gasteiger partial charge in [-0.25, -0.2) is 8.42 Å². The number of rotatable bonds is 10. The lowest BCUT2D eigenvalue weighted by atomic mass is 10.3. The van der Waals surface area contributed by atoms with Gasteiger partial charge in [-0.2, -0.15) is 0 Å². The first-order chi connectivity index (χ1) is 14.0. The van der Waals surface area contributed by atoms with Crippen LogP contribution in [0.25, 0.3) is 0 Å². The number of aromatic nitrogens is 3. The third kappa shape index (κ3) is 6.22. The topological polar surface area (TPSA) is 74.1 Å². The number of ether oxygens (including phenoxy) is 1. The molecule has 1 heterocycles. The molecule has 0 amide bonds. The van der Waals surface area contributed by atoms with Gasteiger partial charge >= 0.3 is 0 Å². The monoisotopic (exact) mass is 451 g/mol. The van der Waals surface area contributed by atoms with E-state index < -0.39 is 9.84 Å². The van der Waals surface area contributed by atoms with Gasteiger partial charge in [-0.1, -0.05) is 41.6 Å². The number of sulfone groups is 1. The molecule has 0 spiro atoms. The van der Waals surface area contributed by atoms with Crippen molar-refractivity contribution < 1.29 is 13.2 Å². The quantitative estimate of drug-likeness (QED) is 0.336. The van der Waals surface area contributed by atoms with Crippen LogP contribution in [-0.4, -0.2) is 35.5 Å². The van der Waals surface area contributed by atoms with Crippen molar-refractivity contribution in [2.24, 2.45) is 7.05 Å². The second kappa shape index (κ2) is 10.1. The molecule has 0 bridgehead atoms. The number of benzene rings is 2. The second-order valence-corrected chi connectivity index (χ2v) is 9.88. The van der Waals surface area contributed by atoms with E-state index in [0.717, 1.165) is 24.3 Å². The summed E-state index contributed by atoms with van der Waals surface area (Å²) in [5.41, 5.74) is 0. The summed E-state index contributed by atoms with van der Waals surface area (Å²) in [4.78, 5) is 0.290. The fourth-order valence-electron chi connectivity index (χ4n) is 2.57. The average Bonchev–Trinajstić information content (AvgIpc) is 3.05. The normalized spacial score (nSPS) is 11.5. The molecule has 0 fully saturated rings. The number of thioether (sulfide) groups is 1. The Morgan fingerprint density at radius 3 is 2.48 bits per heavy atom. The van der Waals surface area contributed by atoms with E-state index >= 15 is 0 Å². The van der Waals surface area contributed by atoms with Crippen molar-refractivity contribution in [1.29, 1.82) is 0 Å². The second-order valence-electron chi connectivity index (χ2n) is 6.39. The first-order valence-corrected chi connectivity index (χ1v) is 12.1. The van der Waals surface area contributed by atoms with Crippen LogP contribution in [0.3, 0.4) is 0 Å². The highest BCUT2D eigenvalue weighted by Crippen LogP contribution is 2.21. The Morgan fingerprint density at radius 2 is 1.76 bits per heavy atom. The van der Waals surface area contributed by atoms with Crippen LogP contribution in [0.1, 0.15) is 18.7 Å². The molecule has 0 unspecified atom stereocenters. The van der Waals surface area contributed by atoms with Crippen molar-refractivity contribution in [2.75, 3.05) is 12.4 Å². The van der Waals surface area contributed by atoms with E-state index in [1.165, 1.54) is 0 Å². The molecule has 3 rings (SSSR count). The molecule has 1 aromatic heterocycles. The minimum Gasteiger partial charge on any atom is -0.494 e. The minimum absolute atomic E-state index is 0.171. The van der Waals surface area contributed by atoms with Gasteiger partial charge in [0.15, 0.2) is 15.0 Å². The smallest absolute Gasteiger partial charge is 0.190 e. The zero-order valence-electron chi connectivity index (χ0n) is 16.0. The number of halogens is 1. The fourth-order valence-corrected chi connectivity index (χ4v) is 4.95. The average molecular weight is 452 g/mol. The maximum atomic E-state index is 12.5. The molecule has 0 aliphatic carbocycles. The first kappa shape index (κ1) is 21.7. The maximum Gasteiger partial charge on any atom is 0.190 e. The first-order valence-electron chi connectivity index (χ1n) is 9.13. The molecule has 0 N–H and O–H groups in total. The minimum atomic E-state index is -3.44. The lowest BCUT2D eigenvalue weighted by molar-refractivity contribution is 0.310. The van der Waals surface area contributed by atoms with E-state index in [4.69, 9.17) is 16.3 Å². The predicted molar refractivity (Wildman–Crippen MR) is 115 cm³/mol. The molecule has 0 aliphatic rings. The molecule has 2 aromatic carbocycles. The fraction of sp³-hybridized carbons (Fsp3) is 0.300. The Kier molecular flexibility index (Phi) is 7.57. The lowest BCUT2D eigenvalue weighted by Gasteiger charge is -2.07. The van der Waals surface area contributed by atoms with Crippen LogP contribution in [-0.2, 0) is 22.6 Å². The predicted octanol–water partition coefficient (Wildman–Crippen LogP) is 4.39. The zero-order chi connectivity index (χ0) is 20.7. The number of hydrogen-bond acceptors (Lipinski definition) is 6. The van der Waals surface area contributed by atoms with Gasteiger partial charge in [-0.3, -0.25) is 0 Å². The van der Waals surface area contributed by atoms with Crippen LogP contribution < -0.4 is 4.74 Å². The molecule has 6 nitrogen and oxygen atoms in total. The molecular formula is C20H22ClN3O3S2. The van der Waals surface area contributed by atoms with Crippen molar-refractivity contribution >= 4 is 33.2 Å². The Hall–Kier alpha value is -2.03. The molecule has 0 saturated carbocycles. The molecule has 0 saturated heterocycles. The summed E-state index contributed by atoms with van der Waals surface area (Å²) in [5.74, 6) is 1.92. The summed E-state index contributed by atoms with van der Waals surface area (Å²) >= 11 is 7.41. The summed E-state index contributed by atoms with van der Waals surface area (Å²) in [6.07, 6.45) is 1.85. The molecule has 0 radical (unpaired) electrons. The Morgan fingerprint density at radius 1 is 1.03 bits per heavy atom. The summed E-state index contributed by atoms with van der Waals surface area (Å²) < 4.78 is 32.5. The van der Waals surface area contributed by atoms with Crippen molar-refractivity contribution in [3.05, 3.63) is 65.4 Å². The van der Waals surface area contributed by atoms with Gasteiger partial charge in [-0.15, -0.1) is 10.2 Å². The standard InChI is InChI=1S/C20H22ClN3O3S2/c1-24-19(15-29(25,26)18-7-3-2-4-8-18)22-23-20(24)28-14-6-5-13-27-17-11-9-16(21)10-12-17/h2-4,7-12H,5-6,13-15H2,1H3. The molecule has 9 heteroatoms. The Labute approximate surface area is 180 Å². The summed E-state index contributed by atoms with van der Waals surface area (Å²) in [5, 5.41) is 9.60. The third-order valence-corrected chi connectivity index (χ3v) is 7.19. The van der Waals surface area contributed by atoms with Gasteiger partial charge in [0, 0.05) is 17.8 Å². The van der Waals surface area contributed by atoms with E-state index in [2.05, 4.69) is 10.2 Å². The van der Waals surface area contributed by atoms with Crippen LogP contribution in [0, 0.1) is 0 Å². The van der Waals surface area contributed by atoms with Crippen molar-refractivity contribution in [1.82, 2.24) is 14.8 Å². The highest BCUT2D eigenvalue weighted by atomic mass is 35.5. The van der Waals surface area contributed by atoms with Crippen molar-refractivity contribution in [3.63, 3.8) is 0 Å². The summed E-state index contributed by atoms with van der Waals surface area (Å²) in [6.45, 7) is 0.627. The van der Waals surface area contributed by atoms with Gasteiger partial charge in [0.25, 0.3) is 0 Å². The molecule has 0 atom stereocenters. The summed E-state index contributed by atoms with van der Waals surface area (Å²) in [6, 6.07) is 15.7. The van der Waals surface area contributed by atoms with Crippen LogP contribution in [0.5, 0.6) is 5.75 Å². The maximum absolute atomic E-state index is 12.5. The van der Waals surface area contributed by atoms with E-state index in [1.54, 1.807) is 65.8 Å². The van der Waals surface area contributed by atoms with E-state index in [-0.39, 0.29) is 10.6 Å². The number of unbranched alkanes of at least 4 members (excludes halogenated alkanes) is 1. The van der Waals surface area contributed by atoms with Gasteiger partial charge < -0.3 is 9.30 Å². The van der Waals surface area contributed by atoms with E-state index in [9.17, 15) is 8.42 Å². The highest BCUT2D eigenvalue weighted by Gasteiger charge is 2.19. The molecule has 0 aliphatic heterocycles. The molecular weight excluding hydrogens is 430 g/mol. The SMILES string of the molecule is Cn1c(CS(=O)(=O)c2ccccc2)nnc1SCCCCOc1ccc(Cl)cc1. The highest BCUT2D eigenvalue weighted by molar-refractivity contribution is 7.99. The molecule has 154 valence electrons. The van der Waals surface area contributed by atoms with Gasteiger partial charge in [0.2, 0.25) is 0 Å². The number of hydrogen-bond donors (Lipinski definition) is 0. The Balaban J connectivity index is 1.44. The van der Waals surface area contributed by atoms with Crippen LogP contribution in [0.2, 0.25) is 5.02 Å². The third-order valence-electron chi connectivity index (χ3n) is 4.20. The Bertz CT molecular complexity index is 1020. The molecule has 29 heavy (non-hydrogen) atoms. The van der Waals surface area contributed by atoms with Crippen molar-refractivity contribution in [2.45, 2.75) is 28.6 Å². The zero-order valence-corrected chi connectivity index (χ0v) is 18.4. The van der Waals surface area contributed by atoms with Crippen LogP contribution in [0.15, 0.2) is 64.6 Å². The van der Waals surface area contributed by atoms with Crippen LogP contribution in [0.4, 0.5) is 0 Å². The largest absolute Gasteiger partial charge is 0.494 e. The van der Waals surface area contributed by atoms with Gasteiger partial charge in [-0.05, 0) is 49.2 Å². The molecule has 3 aromatic rings. The van der Waals surface area contributed by atoms with Gasteiger partial charge in [0.1, 0.15) is 17.3 Å². The lowest BCUT2D eigenvalue weighted by Crippen LogP contribution is -2.09. The van der Waals surface area contributed by atoms with Gasteiger partial charge in [0.05, 0.1) is 11.5 Å². The number of nitrogens with zero attached hydrogens (tertiary/aromatic N) is 3. The van der Waals surface area contributed by atoms with Crippen LogP contribution >= 0.6 is 23.4 Å². The van der Waals surface area contributed by atoms with E-state index in [0.29, 0.717) is 22.6 Å². The van der Waals surface area contributed by atoms with E-state index in [1.807, 2.05) is 12.1 Å².